The third-order valence-corrected chi connectivity index (χ3v) is 5.88. The minimum absolute atomic E-state index is 0.131. The van der Waals surface area contributed by atoms with Gasteiger partial charge in [0.1, 0.15) is 0 Å². The van der Waals surface area contributed by atoms with Crippen molar-refractivity contribution < 1.29 is 15.0 Å². The molecule has 2 aliphatic carbocycles. The van der Waals surface area contributed by atoms with Crippen molar-refractivity contribution in [3.8, 4) is 11.8 Å². The third-order valence-electron chi connectivity index (χ3n) is 5.88. The molecule has 0 aromatic carbocycles. The van der Waals surface area contributed by atoms with Gasteiger partial charge in [0.2, 0.25) is 5.91 Å². The van der Waals surface area contributed by atoms with Crippen molar-refractivity contribution >= 4 is 5.91 Å². The number of carbonyl (C=O) groups is 1. The van der Waals surface area contributed by atoms with E-state index < -0.39 is 6.10 Å². The minimum Gasteiger partial charge on any atom is -0.392 e. The molecule has 0 bridgehead atoms. The summed E-state index contributed by atoms with van der Waals surface area (Å²) in [7, 11) is 3.60. The van der Waals surface area contributed by atoms with Gasteiger partial charge in [-0.25, -0.2) is 0 Å². The predicted molar refractivity (Wildman–Crippen MR) is 109 cm³/mol. The van der Waals surface area contributed by atoms with Crippen LogP contribution in [0.25, 0.3) is 0 Å². The lowest BCUT2D eigenvalue weighted by molar-refractivity contribution is -0.128. The monoisotopic (exact) mass is 373 g/mol. The Hall–Kier alpha value is -1.57. The van der Waals surface area contributed by atoms with Crippen molar-refractivity contribution in [2.24, 2.45) is 17.8 Å². The number of aliphatic hydroxyl groups is 2. The Morgan fingerprint density at radius 2 is 2.19 bits per heavy atom. The van der Waals surface area contributed by atoms with E-state index in [-0.39, 0.29) is 17.9 Å². The molecule has 5 atom stereocenters. The van der Waals surface area contributed by atoms with Gasteiger partial charge < -0.3 is 15.1 Å². The smallest absolute Gasteiger partial charge is 0.222 e. The van der Waals surface area contributed by atoms with Crippen LogP contribution in [0.1, 0.15) is 58.3 Å². The Morgan fingerprint density at radius 1 is 1.41 bits per heavy atom. The van der Waals surface area contributed by atoms with Crippen LogP contribution in [0.15, 0.2) is 23.8 Å². The summed E-state index contributed by atoms with van der Waals surface area (Å²) in [4.78, 5) is 13.3. The number of allylic oxidation sites excluding steroid dienone is 2. The van der Waals surface area contributed by atoms with Crippen molar-refractivity contribution in [3.05, 3.63) is 23.8 Å². The highest BCUT2D eigenvalue weighted by molar-refractivity contribution is 5.75. The van der Waals surface area contributed by atoms with E-state index in [1.165, 1.54) is 5.57 Å². The maximum Gasteiger partial charge on any atom is 0.222 e. The van der Waals surface area contributed by atoms with Gasteiger partial charge in [0.05, 0.1) is 12.2 Å². The molecule has 0 heterocycles. The number of carbonyl (C=O) groups excluding carboxylic acids is 1. The van der Waals surface area contributed by atoms with E-state index in [0.717, 1.165) is 32.1 Å². The molecule has 0 radical (unpaired) electrons. The van der Waals surface area contributed by atoms with Crippen LogP contribution >= 0.6 is 0 Å². The molecule has 4 heteroatoms. The minimum atomic E-state index is -0.486. The van der Waals surface area contributed by atoms with E-state index in [4.69, 9.17) is 0 Å². The Kier molecular flexibility index (Phi) is 8.60. The second-order valence-electron chi connectivity index (χ2n) is 8.15. The number of rotatable bonds is 9. The van der Waals surface area contributed by atoms with Crippen LogP contribution in [-0.4, -0.2) is 47.3 Å². The number of nitrogens with zero attached hydrogens (tertiary/aromatic N) is 1. The Morgan fingerprint density at radius 3 is 2.89 bits per heavy atom. The van der Waals surface area contributed by atoms with Gasteiger partial charge in [-0.1, -0.05) is 23.8 Å². The van der Waals surface area contributed by atoms with Gasteiger partial charge in [-0.15, -0.1) is 11.8 Å². The predicted octanol–water partition coefficient (Wildman–Crippen LogP) is 3.30. The number of hydrogen-bond acceptors (Lipinski definition) is 3. The molecule has 27 heavy (non-hydrogen) atoms. The van der Waals surface area contributed by atoms with Crippen molar-refractivity contribution in [1.29, 1.82) is 0 Å². The van der Waals surface area contributed by atoms with Gasteiger partial charge in [0.15, 0.2) is 0 Å². The van der Waals surface area contributed by atoms with E-state index in [1.807, 2.05) is 19.1 Å². The normalized spacial score (nSPS) is 27.8. The number of aliphatic hydroxyl groups excluding tert-OH is 2. The summed E-state index contributed by atoms with van der Waals surface area (Å²) >= 11 is 0. The quantitative estimate of drug-likeness (QED) is 0.370. The average molecular weight is 374 g/mol. The standard InChI is InChI=1S/C23H35NO3/c1-4-5-6-10-19(25)12-13-20-21-15-17(14-18(21)16-22(20)26)9-7-8-11-23(27)24(2)3/h12-14,18-22,25-26H,6-11,15-16H2,1-3H3/b13-12+/t18-,19-,20+,21-,22+/m0/s1. The zero-order chi connectivity index (χ0) is 19.8. The van der Waals surface area contributed by atoms with Crippen LogP contribution < -0.4 is 0 Å². The molecule has 2 N–H and O–H groups in total. The number of fused-ring (bicyclic) bond motifs is 1. The molecule has 0 saturated heterocycles. The van der Waals surface area contributed by atoms with Crippen LogP contribution in [0.4, 0.5) is 0 Å². The third kappa shape index (κ3) is 6.52. The summed E-state index contributed by atoms with van der Waals surface area (Å²) in [6, 6.07) is 0. The highest BCUT2D eigenvalue weighted by Gasteiger charge is 2.43. The largest absolute Gasteiger partial charge is 0.392 e. The molecule has 1 amide bonds. The lowest BCUT2D eigenvalue weighted by atomic mass is 9.88. The number of amides is 1. The van der Waals surface area contributed by atoms with Crippen LogP contribution in [0, 0.1) is 29.6 Å². The summed E-state index contributed by atoms with van der Waals surface area (Å²) < 4.78 is 0. The Labute approximate surface area is 164 Å². The first-order chi connectivity index (χ1) is 12.9. The summed E-state index contributed by atoms with van der Waals surface area (Å²) in [5.74, 6) is 7.05. The van der Waals surface area contributed by atoms with Gasteiger partial charge >= 0.3 is 0 Å². The van der Waals surface area contributed by atoms with Crippen molar-refractivity contribution in [1.82, 2.24) is 4.90 Å². The summed E-state index contributed by atoms with van der Waals surface area (Å²) in [6.45, 7) is 1.81. The van der Waals surface area contributed by atoms with E-state index in [1.54, 1.807) is 19.0 Å². The first-order valence-corrected chi connectivity index (χ1v) is 10.3. The van der Waals surface area contributed by atoms with Crippen molar-refractivity contribution in [2.45, 2.75) is 70.5 Å². The topological polar surface area (TPSA) is 60.8 Å². The maximum absolute atomic E-state index is 11.6. The van der Waals surface area contributed by atoms with Crippen LogP contribution in [0.5, 0.6) is 0 Å². The highest BCUT2D eigenvalue weighted by atomic mass is 16.3. The lowest BCUT2D eigenvalue weighted by Crippen LogP contribution is -2.21. The second-order valence-corrected chi connectivity index (χ2v) is 8.15. The molecule has 0 aromatic heterocycles. The first kappa shape index (κ1) is 21.7. The molecule has 0 aliphatic heterocycles. The van der Waals surface area contributed by atoms with Crippen LogP contribution in [0.2, 0.25) is 0 Å². The molecule has 0 unspecified atom stereocenters. The zero-order valence-electron chi connectivity index (χ0n) is 17.0. The summed E-state index contributed by atoms with van der Waals surface area (Å²) in [6.07, 6.45) is 12.3. The molecular weight excluding hydrogens is 338 g/mol. The van der Waals surface area contributed by atoms with E-state index in [9.17, 15) is 15.0 Å². The number of unbranched alkanes of at least 4 members (excludes halogenated alkanes) is 1. The fraction of sp³-hybridized carbons (Fsp3) is 0.696. The molecule has 0 aromatic rings. The molecule has 0 spiro atoms. The van der Waals surface area contributed by atoms with Crippen LogP contribution in [-0.2, 0) is 4.79 Å². The van der Waals surface area contributed by atoms with E-state index in [0.29, 0.717) is 31.1 Å². The fourth-order valence-electron chi connectivity index (χ4n) is 4.34. The highest BCUT2D eigenvalue weighted by Crippen LogP contribution is 2.48. The van der Waals surface area contributed by atoms with E-state index >= 15 is 0 Å². The zero-order valence-corrected chi connectivity index (χ0v) is 17.0. The van der Waals surface area contributed by atoms with E-state index in [2.05, 4.69) is 17.9 Å². The van der Waals surface area contributed by atoms with Gasteiger partial charge in [0, 0.05) is 32.9 Å². The fourth-order valence-corrected chi connectivity index (χ4v) is 4.34. The van der Waals surface area contributed by atoms with Crippen molar-refractivity contribution in [3.63, 3.8) is 0 Å². The molecule has 1 fully saturated rings. The molecule has 150 valence electrons. The van der Waals surface area contributed by atoms with Gasteiger partial charge in [-0.05, 0) is 57.3 Å². The SMILES string of the molecule is CC#CCC[C@H](O)/C=C/[C@@H]1[C@H]2CC(CCCCC(=O)N(C)C)=C[C@H]2C[C@H]1O. The van der Waals surface area contributed by atoms with Gasteiger partial charge in [0.25, 0.3) is 0 Å². The maximum atomic E-state index is 11.6. The molecule has 2 aliphatic rings. The van der Waals surface area contributed by atoms with Gasteiger partial charge in [-0.3, -0.25) is 4.79 Å². The molecule has 4 nitrogen and oxygen atoms in total. The molecular formula is C23H35NO3. The van der Waals surface area contributed by atoms with Crippen molar-refractivity contribution in [2.75, 3.05) is 14.1 Å². The van der Waals surface area contributed by atoms with Crippen LogP contribution in [0.3, 0.4) is 0 Å². The lowest BCUT2D eigenvalue weighted by Gasteiger charge is -2.19. The summed E-state index contributed by atoms with van der Waals surface area (Å²) in [5, 5.41) is 20.5. The van der Waals surface area contributed by atoms with Gasteiger partial charge in [-0.2, -0.15) is 0 Å². The molecule has 2 rings (SSSR count). The number of hydrogen-bond donors (Lipinski definition) is 2. The first-order valence-electron chi connectivity index (χ1n) is 10.3. The Bertz CT molecular complexity index is 611. The second kappa shape index (κ2) is 10.7. The average Bonchev–Trinajstić information content (AvgIpc) is 3.13. The molecule has 1 saturated carbocycles. The summed E-state index contributed by atoms with van der Waals surface area (Å²) in [5.41, 5.74) is 1.48. The Balaban J connectivity index is 1.78.